The number of Topliss-reactive ketones (excluding diaryl/α,β-unsaturated/α-hetero) is 1. The molecule has 0 saturated carbocycles. The molecule has 0 spiro atoms. The zero-order valence-corrected chi connectivity index (χ0v) is 25.3. The number of fused-ring (bicyclic) bond motifs is 1. The summed E-state index contributed by atoms with van der Waals surface area (Å²) in [5.41, 5.74) is 0.926. The predicted octanol–water partition coefficient (Wildman–Crippen LogP) is 5.51. The summed E-state index contributed by atoms with van der Waals surface area (Å²) in [4.78, 5) is 42.9. The third kappa shape index (κ3) is 8.72. The number of hydrogen-bond acceptors (Lipinski definition) is 8. The first-order valence-corrected chi connectivity index (χ1v) is 15.1. The summed E-state index contributed by atoms with van der Waals surface area (Å²) in [6, 6.07) is 8.43. The summed E-state index contributed by atoms with van der Waals surface area (Å²) in [6.07, 6.45) is 12.1. The van der Waals surface area contributed by atoms with Crippen LogP contribution in [0.5, 0.6) is 17.2 Å². The quantitative estimate of drug-likeness (QED) is 0.215. The van der Waals surface area contributed by atoms with Gasteiger partial charge in [0.25, 0.3) is 0 Å². The highest BCUT2D eigenvalue weighted by atomic mass is 16.5. The Morgan fingerprint density at radius 1 is 1.18 bits per heavy atom. The first kappa shape index (κ1) is 32.3. The lowest BCUT2D eigenvalue weighted by Crippen LogP contribution is -2.27. The minimum Gasteiger partial charge on any atom is -0.507 e. The molecular formula is C34H41N3O7. The minimum atomic E-state index is -0.784. The molecule has 0 saturated heterocycles. The van der Waals surface area contributed by atoms with Crippen LogP contribution >= 0.6 is 0 Å². The first-order chi connectivity index (χ1) is 21.3. The molecule has 1 aromatic heterocycles. The monoisotopic (exact) mass is 603 g/mol. The van der Waals surface area contributed by atoms with Gasteiger partial charge < -0.3 is 29.6 Å². The molecule has 4 rings (SSSR count). The highest BCUT2D eigenvalue weighted by Crippen LogP contribution is 2.44. The van der Waals surface area contributed by atoms with Gasteiger partial charge in [0.1, 0.15) is 28.6 Å². The molecular weight excluding hydrogens is 562 g/mol. The fourth-order valence-corrected chi connectivity index (χ4v) is 5.41. The lowest BCUT2D eigenvalue weighted by atomic mass is 9.84. The number of cyclic esters (lactones) is 1. The van der Waals surface area contributed by atoms with Crippen molar-refractivity contribution in [2.45, 2.75) is 76.9 Å². The number of aromatic nitrogens is 2. The van der Waals surface area contributed by atoms with Gasteiger partial charge in [0, 0.05) is 56.2 Å². The molecule has 3 aromatic rings. The standard InChI is InChI=1S/C34H41N3O7/c1-23-8-6-11-26(38)10-5-3-4-9-25-20-29(39)32(33(41)31(25)34(42)44-23)28(24-12-14-27(43-2)15-13-24)21-30(40)36-16-7-18-37-19-17-35-22-37/h4,9,12-15,17,19-20,22-23,28,39,41H,3,5-8,10-11,16,18,21H2,1-2H3,(H,36,40). The molecule has 1 aliphatic heterocycles. The SMILES string of the molecule is COc1ccc(C(CC(=O)NCCCn2ccnc2)c2c(O)cc3c(c2O)C(=O)OC(C)CCCC(=O)CCCC=C3)cc1. The van der Waals surface area contributed by atoms with Gasteiger partial charge in [-0.25, -0.2) is 9.78 Å². The summed E-state index contributed by atoms with van der Waals surface area (Å²) in [7, 11) is 1.55. The van der Waals surface area contributed by atoms with E-state index in [-0.39, 0.29) is 35.0 Å². The van der Waals surface area contributed by atoms with Crippen molar-refractivity contribution in [1.82, 2.24) is 14.9 Å². The average molecular weight is 604 g/mol. The van der Waals surface area contributed by atoms with Crippen LogP contribution in [-0.2, 0) is 20.9 Å². The number of aromatic hydroxyl groups is 2. The summed E-state index contributed by atoms with van der Waals surface area (Å²) >= 11 is 0. The van der Waals surface area contributed by atoms with Crippen molar-refractivity contribution < 1.29 is 34.1 Å². The van der Waals surface area contributed by atoms with Crippen LogP contribution < -0.4 is 10.1 Å². The molecule has 10 nitrogen and oxygen atoms in total. The number of methoxy groups -OCH3 is 1. The Kier molecular flexibility index (Phi) is 11.6. The number of phenols is 2. The number of carbonyl (C=O) groups excluding carboxylic acids is 3. The number of amides is 1. The molecule has 2 atom stereocenters. The van der Waals surface area contributed by atoms with E-state index in [1.54, 1.807) is 56.9 Å². The molecule has 234 valence electrons. The van der Waals surface area contributed by atoms with Crippen LogP contribution in [0.4, 0.5) is 0 Å². The van der Waals surface area contributed by atoms with Crippen LogP contribution in [0.15, 0.2) is 55.1 Å². The number of rotatable bonds is 9. The number of imidazole rings is 1. The Bertz CT molecular complexity index is 1450. The van der Waals surface area contributed by atoms with E-state index in [9.17, 15) is 24.6 Å². The number of ketones is 1. The summed E-state index contributed by atoms with van der Waals surface area (Å²) in [5.74, 6) is -1.69. The number of phenolic OH excluding ortho intramolecular Hbond substituents is 2. The lowest BCUT2D eigenvalue weighted by Gasteiger charge is -2.23. The summed E-state index contributed by atoms with van der Waals surface area (Å²) in [6.45, 7) is 2.87. The second kappa shape index (κ2) is 15.7. The van der Waals surface area contributed by atoms with E-state index in [1.807, 2.05) is 16.8 Å². The number of nitrogens with one attached hydrogen (secondary N) is 1. The number of nitrogens with zero attached hydrogens (tertiary/aromatic N) is 2. The number of ether oxygens (including phenoxy) is 2. The first-order valence-electron chi connectivity index (χ1n) is 15.1. The molecule has 2 unspecified atom stereocenters. The highest BCUT2D eigenvalue weighted by molar-refractivity contribution is 5.98. The summed E-state index contributed by atoms with van der Waals surface area (Å²) in [5, 5.41) is 25.9. The third-order valence-corrected chi connectivity index (χ3v) is 7.78. The Labute approximate surface area is 257 Å². The van der Waals surface area contributed by atoms with E-state index in [2.05, 4.69) is 10.3 Å². The van der Waals surface area contributed by atoms with Gasteiger partial charge in [0.15, 0.2) is 0 Å². The van der Waals surface area contributed by atoms with Crippen molar-refractivity contribution in [2.24, 2.45) is 0 Å². The maximum Gasteiger partial charge on any atom is 0.342 e. The molecule has 44 heavy (non-hydrogen) atoms. The van der Waals surface area contributed by atoms with Crippen molar-refractivity contribution in [3.8, 4) is 17.2 Å². The van der Waals surface area contributed by atoms with E-state index in [0.717, 1.165) is 0 Å². The molecule has 1 aliphatic rings. The number of aryl methyl sites for hydroxylation is 1. The maximum absolute atomic E-state index is 13.5. The Morgan fingerprint density at radius 2 is 1.95 bits per heavy atom. The van der Waals surface area contributed by atoms with E-state index in [0.29, 0.717) is 74.9 Å². The van der Waals surface area contributed by atoms with Crippen molar-refractivity contribution in [3.05, 3.63) is 77.4 Å². The molecule has 10 heteroatoms. The molecule has 0 fully saturated rings. The fourth-order valence-electron chi connectivity index (χ4n) is 5.41. The molecule has 2 aromatic carbocycles. The maximum atomic E-state index is 13.5. The van der Waals surface area contributed by atoms with E-state index in [4.69, 9.17) is 9.47 Å². The van der Waals surface area contributed by atoms with Gasteiger partial charge >= 0.3 is 5.97 Å². The van der Waals surface area contributed by atoms with Gasteiger partial charge in [-0.3, -0.25) is 9.59 Å². The van der Waals surface area contributed by atoms with Crippen molar-refractivity contribution >= 4 is 23.7 Å². The highest BCUT2D eigenvalue weighted by Gasteiger charge is 2.31. The predicted molar refractivity (Wildman–Crippen MR) is 166 cm³/mol. The largest absolute Gasteiger partial charge is 0.507 e. The fraction of sp³-hybridized carbons (Fsp3) is 0.412. The van der Waals surface area contributed by atoms with Gasteiger partial charge in [-0.2, -0.15) is 0 Å². The topological polar surface area (TPSA) is 140 Å². The van der Waals surface area contributed by atoms with E-state index >= 15 is 0 Å². The second-order valence-electron chi connectivity index (χ2n) is 11.1. The van der Waals surface area contributed by atoms with Gasteiger partial charge in [-0.05, 0) is 68.4 Å². The Hall–Kier alpha value is -4.60. The van der Waals surface area contributed by atoms with Crippen molar-refractivity contribution in [2.75, 3.05) is 13.7 Å². The molecule has 0 aliphatic carbocycles. The lowest BCUT2D eigenvalue weighted by molar-refractivity contribution is -0.121. The van der Waals surface area contributed by atoms with Crippen LogP contribution in [0, 0.1) is 0 Å². The smallest absolute Gasteiger partial charge is 0.342 e. The minimum absolute atomic E-state index is 0.0622. The molecule has 3 N–H and O–H groups in total. The molecule has 2 heterocycles. The Balaban J connectivity index is 1.67. The summed E-state index contributed by atoms with van der Waals surface area (Å²) < 4.78 is 12.9. The van der Waals surface area contributed by atoms with Crippen LogP contribution in [0.1, 0.15) is 91.3 Å². The Morgan fingerprint density at radius 3 is 2.68 bits per heavy atom. The van der Waals surface area contributed by atoms with Crippen LogP contribution in [0.3, 0.4) is 0 Å². The number of esters is 1. The zero-order valence-electron chi connectivity index (χ0n) is 25.3. The number of benzene rings is 2. The van der Waals surface area contributed by atoms with Crippen molar-refractivity contribution in [3.63, 3.8) is 0 Å². The molecule has 1 amide bonds. The van der Waals surface area contributed by atoms with Gasteiger partial charge in [0.2, 0.25) is 5.91 Å². The number of carbonyl (C=O) groups is 3. The average Bonchev–Trinajstić information content (AvgIpc) is 3.52. The van der Waals surface area contributed by atoms with Crippen LogP contribution in [0.25, 0.3) is 6.08 Å². The van der Waals surface area contributed by atoms with Gasteiger partial charge in [0.05, 0.1) is 19.5 Å². The zero-order chi connectivity index (χ0) is 31.5. The van der Waals surface area contributed by atoms with Crippen LogP contribution in [-0.4, -0.2) is 57.2 Å². The van der Waals surface area contributed by atoms with Gasteiger partial charge in [-0.1, -0.05) is 24.3 Å². The molecule has 0 bridgehead atoms. The van der Waals surface area contributed by atoms with Gasteiger partial charge in [-0.15, -0.1) is 0 Å². The number of hydrogen-bond donors (Lipinski definition) is 3. The van der Waals surface area contributed by atoms with E-state index < -0.39 is 23.7 Å². The molecule has 0 radical (unpaired) electrons. The normalized spacial score (nSPS) is 16.8. The van der Waals surface area contributed by atoms with E-state index in [1.165, 1.54) is 6.07 Å². The number of allylic oxidation sites excluding steroid dienone is 1. The van der Waals surface area contributed by atoms with Crippen LogP contribution in [0.2, 0.25) is 0 Å². The second-order valence-corrected chi connectivity index (χ2v) is 11.1. The third-order valence-electron chi connectivity index (χ3n) is 7.78. The van der Waals surface area contributed by atoms with Crippen molar-refractivity contribution in [1.29, 1.82) is 0 Å².